The number of aryl methyl sites for hydroxylation is 2. The van der Waals surface area contributed by atoms with E-state index in [1.807, 2.05) is 32.0 Å². The lowest BCUT2D eigenvalue weighted by Crippen LogP contribution is -2.30. The van der Waals surface area contributed by atoms with Crippen LogP contribution in [0.25, 0.3) is 10.2 Å². The molecule has 2 aromatic heterocycles. The molecule has 0 saturated carbocycles. The van der Waals surface area contributed by atoms with Gasteiger partial charge in [-0.15, -0.1) is 11.3 Å². The Bertz CT molecular complexity index is 885. The molecule has 3 N–H and O–H groups in total. The van der Waals surface area contributed by atoms with E-state index in [2.05, 4.69) is 27.0 Å². The van der Waals surface area contributed by atoms with Crippen LogP contribution in [0.15, 0.2) is 35.1 Å². The van der Waals surface area contributed by atoms with Crippen molar-refractivity contribution >= 4 is 21.6 Å². The van der Waals surface area contributed by atoms with Crippen molar-refractivity contribution in [2.75, 3.05) is 13.1 Å². The van der Waals surface area contributed by atoms with Gasteiger partial charge in [-0.05, 0) is 25.0 Å². The zero-order chi connectivity index (χ0) is 17.1. The summed E-state index contributed by atoms with van der Waals surface area (Å²) in [6.45, 7) is 6.67. The number of fused-ring (bicyclic) bond motifs is 1. The lowest BCUT2D eigenvalue weighted by Gasteiger charge is -2.21. The summed E-state index contributed by atoms with van der Waals surface area (Å²) in [4.78, 5) is 24.2. The molecule has 0 aliphatic rings. The summed E-state index contributed by atoms with van der Waals surface area (Å²) in [5.41, 5.74) is 7.94. The summed E-state index contributed by atoms with van der Waals surface area (Å²) in [5, 5.41) is 0.717. The van der Waals surface area contributed by atoms with Gasteiger partial charge in [0, 0.05) is 24.5 Å². The summed E-state index contributed by atoms with van der Waals surface area (Å²) in [6, 6.07) is 10.2. The predicted molar refractivity (Wildman–Crippen MR) is 99.3 cm³/mol. The van der Waals surface area contributed by atoms with Crippen LogP contribution in [0.2, 0.25) is 0 Å². The first-order chi connectivity index (χ1) is 11.6. The van der Waals surface area contributed by atoms with Crippen molar-refractivity contribution in [1.82, 2.24) is 14.9 Å². The van der Waals surface area contributed by atoms with Gasteiger partial charge in [-0.3, -0.25) is 9.69 Å². The molecule has 0 radical (unpaired) electrons. The number of nitrogens with two attached hydrogens (primary N) is 1. The molecule has 0 atom stereocenters. The third-order valence-corrected chi connectivity index (χ3v) is 5.26. The van der Waals surface area contributed by atoms with Crippen LogP contribution in [0.3, 0.4) is 0 Å². The van der Waals surface area contributed by atoms with E-state index in [0.29, 0.717) is 18.9 Å². The second-order valence-corrected chi connectivity index (χ2v) is 7.16. The minimum Gasteiger partial charge on any atom is -0.329 e. The van der Waals surface area contributed by atoms with Crippen molar-refractivity contribution in [1.29, 1.82) is 0 Å². The molecule has 24 heavy (non-hydrogen) atoms. The average molecular weight is 342 g/mol. The maximum Gasteiger partial charge on any atom is 0.259 e. The van der Waals surface area contributed by atoms with Gasteiger partial charge in [-0.1, -0.05) is 30.3 Å². The Kier molecular flexibility index (Phi) is 5.08. The van der Waals surface area contributed by atoms with E-state index in [1.54, 1.807) is 11.3 Å². The van der Waals surface area contributed by atoms with Gasteiger partial charge in [-0.25, -0.2) is 4.98 Å². The van der Waals surface area contributed by atoms with Crippen LogP contribution in [0.5, 0.6) is 0 Å². The lowest BCUT2D eigenvalue weighted by molar-refractivity contribution is 0.258. The van der Waals surface area contributed by atoms with Crippen LogP contribution in [0.4, 0.5) is 0 Å². The maximum atomic E-state index is 12.4. The molecule has 3 rings (SSSR count). The highest BCUT2D eigenvalue weighted by atomic mass is 32.1. The van der Waals surface area contributed by atoms with Crippen LogP contribution in [0.1, 0.15) is 21.8 Å². The van der Waals surface area contributed by atoms with Gasteiger partial charge in [0.25, 0.3) is 5.56 Å². The number of aromatic amines is 1. The molecule has 0 aliphatic carbocycles. The predicted octanol–water partition coefficient (Wildman–Crippen LogP) is 2.56. The Labute approximate surface area is 145 Å². The second kappa shape index (κ2) is 7.25. The molecule has 0 spiro atoms. The molecule has 0 amide bonds. The van der Waals surface area contributed by atoms with Crippen LogP contribution >= 0.6 is 11.3 Å². The Balaban J connectivity index is 1.87. The van der Waals surface area contributed by atoms with Crippen molar-refractivity contribution in [3.8, 4) is 0 Å². The fourth-order valence-electron chi connectivity index (χ4n) is 2.82. The lowest BCUT2D eigenvalue weighted by atomic mass is 10.2. The number of benzene rings is 1. The highest BCUT2D eigenvalue weighted by molar-refractivity contribution is 7.18. The van der Waals surface area contributed by atoms with E-state index in [4.69, 9.17) is 5.73 Å². The molecule has 0 unspecified atom stereocenters. The summed E-state index contributed by atoms with van der Waals surface area (Å²) in [6.07, 6.45) is 0. The molecule has 5 nitrogen and oxygen atoms in total. The van der Waals surface area contributed by atoms with Gasteiger partial charge < -0.3 is 10.7 Å². The molecule has 2 heterocycles. The fraction of sp³-hybridized carbons (Fsp3) is 0.333. The van der Waals surface area contributed by atoms with Crippen molar-refractivity contribution in [3.63, 3.8) is 0 Å². The van der Waals surface area contributed by atoms with E-state index >= 15 is 0 Å². The zero-order valence-electron chi connectivity index (χ0n) is 14.0. The molecular formula is C18H22N4OS. The third kappa shape index (κ3) is 3.56. The molecule has 3 aromatic rings. The fourth-order valence-corrected chi connectivity index (χ4v) is 3.87. The monoisotopic (exact) mass is 342 g/mol. The van der Waals surface area contributed by atoms with Crippen LogP contribution in [-0.4, -0.2) is 28.0 Å². The van der Waals surface area contributed by atoms with Crippen molar-refractivity contribution in [2.24, 2.45) is 5.73 Å². The van der Waals surface area contributed by atoms with Gasteiger partial charge >= 0.3 is 0 Å². The Morgan fingerprint density at radius 1 is 1.21 bits per heavy atom. The van der Waals surface area contributed by atoms with Crippen molar-refractivity contribution in [2.45, 2.75) is 26.9 Å². The molecular weight excluding hydrogens is 320 g/mol. The molecule has 0 bridgehead atoms. The molecule has 126 valence electrons. The number of hydrogen-bond donors (Lipinski definition) is 2. The van der Waals surface area contributed by atoms with Crippen LogP contribution < -0.4 is 11.3 Å². The highest BCUT2D eigenvalue weighted by Gasteiger charge is 2.14. The van der Waals surface area contributed by atoms with Crippen LogP contribution in [-0.2, 0) is 13.1 Å². The summed E-state index contributed by atoms with van der Waals surface area (Å²) < 4.78 is 0. The minimum absolute atomic E-state index is 0.0516. The number of aromatic nitrogens is 2. The molecule has 6 heteroatoms. The number of rotatable bonds is 6. The first kappa shape index (κ1) is 16.8. The van der Waals surface area contributed by atoms with Gasteiger partial charge in [0.1, 0.15) is 10.7 Å². The highest BCUT2D eigenvalue weighted by Crippen LogP contribution is 2.25. The van der Waals surface area contributed by atoms with Crippen molar-refractivity contribution in [3.05, 3.63) is 62.5 Å². The topological polar surface area (TPSA) is 75.0 Å². The van der Waals surface area contributed by atoms with Gasteiger partial charge in [0.15, 0.2) is 0 Å². The Morgan fingerprint density at radius 3 is 2.67 bits per heavy atom. The van der Waals surface area contributed by atoms with E-state index in [9.17, 15) is 4.79 Å². The third-order valence-electron chi connectivity index (χ3n) is 4.16. The molecule has 0 fully saturated rings. The first-order valence-electron chi connectivity index (χ1n) is 8.03. The molecule has 1 aromatic carbocycles. The number of hydrogen-bond acceptors (Lipinski definition) is 5. The molecule has 0 aliphatic heterocycles. The quantitative estimate of drug-likeness (QED) is 0.722. The van der Waals surface area contributed by atoms with Gasteiger partial charge in [-0.2, -0.15) is 0 Å². The number of nitrogens with zero attached hydrogens (tertiary/aromatic N) is 2. The van der Waals surface area contributed by atoms with E-state index in [1.165, 1.54) is 5.56 Å². The SMILES string of the molecule is Cc1sc2nc(CN(CCN)Cc3ccccc3)[nH]c(=O)c2c1C. The van der Waals surface area contributed by atoms with Crippen LogP contribution in [0, 0.1) is 13.8 Å². The van der Waals surface area contributed by atoms with Crippen molar-refractivity contribution < 1.29 is 0 Å². The van der Waals surface area contributed by atoms with Gasteiger partial charge in [0.05, 0.1) is 11.9 Å². The average Bonchev–Trinajstić information content (AvgIpc) is 2.83. The smallest absolute Gasteiger partial charge is 0.259 e. The normalized spacial score (nSPS) is 11.5. The first-order valence-corrected chi connectivity index (χ1v) is 8.85. The summed E-state index contributed by atoms with van der Waals surface area (Å²) >= 11 is 1.58. The number of thiophene rings is 1. The van der Waals surface area contributed by atoms with E-state index in [-0.39, 0.29) is 5.56 Å². The number of nitrogens with one attached hydrogen (secondary N) is 1. The maximum absolute atomic E-state index is 12.4. The van der Waals surface area contributed by atoms with Gasteiger partial charge in [0.2, 0.25) is 0 Å². The largest absolute Gasteiger partial charge is 0.329 e. The summed E-state index contributed by atoms with van der Waals surface area (Å²) in [5.74, 6) is 0.693. The van der Waals surface area contributed by atoms with E-state index < -0.39 is 0 Å². The summed E-state index contributed by atoms with van der Waals surface area (Å²) in [7, 11) is 0. The molecule has 0 saturated heterocycles. The second-order valence-electron chi connectivity index (χ2n) is 5.96. The number of H-pyrrole nitrogens is 1. The Morgan fingerprint density at radius 2 is 1.96 bits per heavy atom. The standard InChI is InChI=1S/C18H22N4OS/c1-12-13(2)24-18-16(12)17(23)20-15(21-18)11-22(9-8-19)10-14-6-4-3-5-7-14/h3-7H,8-11,19H2,1-2H3,(H,20,21,23). The zero-order valence-corrected chi connectivity index (χ0v) is 14.8. The van der Waals surface area contributed by atoms with E-state index in [0.717, 1.165) is 33.7 Å². The minimum atomic E-state index is -0.0516. The Hall–Kier alpha value is -2.02.